The van der Waals surface area contributed by atoms with Gasteiger partial charge in [-0.2, -0.15) is 0 Å². The molecular formula is C15H28. The predicted octanol–water partition coefficient (Wildman–Crippen LogP) is 4.74. The second kappa shape index (κ2) is 4.47. The SMILES string of the molecule is CC(C)C(C)CC(C)C1CCCC2CC21. The van der Waals surface area contributed by atoms with Crippen LogP contribution < -0.4 is 0 Å². The second-order valence-corrected chi connectivity index (χ2v) is 6.69. The maximum absolute atomic E-state index is 2.52. The minimum atomic E-state index is 0.867. The first-order valence-corrected chi connectivity index (χ1v) is 7.09. The summed E-state index contributed by atoms with van der Waals surface area (Å²) in [6.45, 7) is 9.70. The lowest BCUT2D eigenvalue weighted by atomic mass is 9.75. The van der Waals surface area contributed by atoms with Gasteiger partial charge >= 0.3 is 0 Å². The molecule has 2 fully saturated rings. The Labute approximate surface area is 95.8 Å². The fourth-order valence-electron chi connectivity index (χ4n) is 3.70. The molecule has 0 aromatic carbocycles. The summed E-state index contributed by atoms with van der Waals surface area (Å²) in [6, 6.07) is 0. The lowest BCUT2D eigenvalue weighted by Gasteiger charge is -2.30. The van der Waals surface area contributed by atoms with Crippen molar-refractivity contribution in [3.8, 4) is 0 Å². The fourth-order valence-corrected chi connectivity index (χ4v) is 3.70. The number of rotatable bonds is 4. The van der Waals surface area contributed by atoms with E-state index in [-0.39, 0.29) is 0 Å². The van der Waals surface area contributed by atoms with Crippen LogP contribution in [-0.2, 0) is 0 Å². The standard InChI is InChI=1S/C15H28/c1-10(2)11(3)8-12(4)14-7-5-6-13-9-15(13)14/h10-15H,5-9H2,1-4H3. The van der Waals surface area contributed by atoms with Crippen molar-refractivity contribution in [2.24, 2.45) is 35.5 Å². The van der Waals surface area contributed by atoms with Gasteiger partial charge in [0.05, 0.1) is 0 Å². The molecule has 5 atom stereocenters. The molecule has 0 spiro atoms. The first-order valence-electron chi connectivity index (χ1n) is 7.09. The highest BCUT2D eigenvalue weighted by molar-refractivity contribution is 4.96. The first kappa shape index (κ1) is 11.5. The van der Waals surface area contributed by atoms with Crippen molar-refractivity contribution in [3.63, 3.8) is 0 Å². The van der Waals surface area contributed by atoms with Gasteiger partial charge in [0.15, 0.2) is 0 Å². The van der Waals surface area contributed by atoms with Gasteiger partial charge in [-0.25, -0.2) is 0 Å². The molecule has 0 heterocycles. The van der Waals surface area contributed by atoms with E-state index in [9.17, 15) is 0 Å². The van der Waals surface area contributed by atoms with Crippen molar-refractivity contribution in [2.75, 3.05) is 0 Å². The van der Waals surface area contributed by atoms with Gasteiger partial charge in [-0.15, -0.1) is 0 Å². The molecule has 2 rings (SSSR count). The van der Waals surface area contributed by atoms with E-state index in [1.807, 2.05) is 0 Å². The second-order valence-electron chi connectivity index (χ2n) is 6.69. The Morgan fingerprint density at radius 1 is 1.07 bits per heavy atom. The first-order chi connectivity index (χ1) is 7.09. The number of fused-ring (bicyclic) bond motifs is 1. The Hall–Kier alpha value is 0. The van der Waals surface area contributed by atoms with E-state index in [1.54, 1.807) is 12.8 Å². The highest BCUT2D eigenvalue weighted by Gasteiger charge is 2.46. The normalized spacial score (nSPS) is 38.6. The topological polar surface area (TPSA) is 0 Å². The Morgan fingerprint density at radius 2 is 1.80 bits per heavy atom. The predicted molar refractivity (Wildman–Crippen MR) is 66.7 cm³/mol. The van der Waals surface area contributed by atoms with Crippen LogP contribution in [-0.4, -0.2) is 0 Å². The van der Waals surface area contributed by atoms with E-state index in [0.717, 1.165) is 35.5 Å². The zero-order chi connectivity index (χ0) is 11.0. The van der Waals surface area contributed by atoms with Gasteiger partial charge in [-0.05, 0) is 54.8 Å². The zero-order valence-corrected chi connectivity index (χ0v) is 11.0. The summed E-state index contributed by atoms with van der Waals surface area (Å²) in [5, 5.41) is 0. The molecule has 0 saturated heterocycles. The third kappa shape index (κ3) is 2.57. The van der Waals surface area contributed by atoms with Crippen LogP contribution in [0, 0.1) is 35.5 Å². The minimum Gasteiger partial charge on any atom is -0.0625 e. The van der Waals surface area contributed by atoms with Crippen molar-refractivity contribution in [1.82, 2.24) is 0 Å². The monoisotopic (exact) mass is 208 g/mol. The molecule has 0 radical (unpaired) electrons. The van der Waals surface area contributed by atoms with Gasteiger partial charge in [-0.3, -0.25) is 0 Å². The van der Waals surface area contributed by atoms with Crippen molar-refractivity contribution in [3.05, 3.63) is 0 Å². The molecule has 0 aromatic heterocycles. The average molecular weight is 208 g/mol. The number of hydrogen-bond acceptors (Lipinski definition) is 0. The van der Waals surface area contributed by atoms with Crippen LogP contribution in [0.1, 0.15) is 59.8 Å². The molecule has 0 heteroatoms. The quantitative estimate of drug-likeness (QED) is 0.626. The Morgan fingerprint density at radius 3 is 2.47 bits per heavy atom. The largest absolute Gasteiger partial charge is 0.0625 e. The van der Waals surface area contributed by atoms with Crippen LogP contribution in [0.25, 0.3) is 0 Å². The molecule has 0 nitrogen and oxygen atoms in total. The highest BCUT2D eigenvalue weighted by Crippen LogP contribution is 2.55. The molecule has 15 heavy (non-hydrogen) atoms. The maximum atomic E-state index is 2.52. The fraction of sp³-hybridized carbons (Fsp3) is 1.00. The van der Waals surface area contributed by atoms with E-state index in [1.165, 1.54) is 19.3 Å². The van der Waals surface area contributed by atoms with Crippen LogP contribution in [0.2, 0.25) is 0 Å². The van der Waals surface area contributed by atoms with Gasteiger partial charge in [0.1, 0.15) is 0 Å². The van der Waals surface area contributed by atoms with Crippen LogP contribution in [0.4, 0.5) is 0 Å². The molecule has 2 aliphatic rings. The van der Waals surface area contributed by atoms with Crippen molar-refractivity contribution in [2.45, 2.75) is 59.8 Å². The van der Waals surface area contributed by atoms with E-state index in [4.69, 9.17) is 0 Å². The summed E-state index contributed by atoms with van der Waals surface area (Å²) in [5.74, 6) is 6.15. The molecule has 2 aliphatic carbocycles. The molecular weight excluding hydrogens is 180 g/mol. The van der Waals surface area contributed by atoms with E-state index in [2.05, 4.69) is 27.7 Å². The Kier molecular flexibility index (Phi) is 3.42. The third-order valence-electron chi connectivity index (χ3n) is 5.25. The number of hydrogen-bond donors (Lipinski definition) is 0. The zero-order valence-electron chi connectivity index (χ0n) is 11.0. The van der Waals surface area contributed by atoms with Gasteiger partial charge in [-0.1, -0.05) is 40.5 Å². The van der Waals surface area contributed by atoms with Crippen LogP contribution in [0.3, 0.4) is 0 Å². The summed E-state index contributed by atoms with van der Waals surface area (Å²) in [7, 11) is 0. The Balaban J connectivity index is 1.82. The van der Waals surface area contributed by atoms with Gasteiger partial charge in [0.25, 0.3) is 0 Å². The molecule has 0 aliphatic heterocycles. The van der Waals surface area contributed by atoms with Crippen LogP contribution >= 0.6 is 0 Å². The van der Waals surface area contributed by atoms with Crippen molar-refractivity contribution >= 4 is 0 Å². The molecule has 0 amide bonds. The summed E-state index contributed by atoms with van der Waals surface area (Å²) in [4.78, 5) is 0. The van der Waals surface area contributed by atoms with Gasteiger partial charge < -0.3 is 0 Å². The van der Waals surface area contributed by atoms with Crippen LogP contribution in [0.5, 0.6) is 0 Å². The smallest absolute Gasteiger partial charge is 0.0352 e. The van der Waals surface area contributed by atoms with Gasteiger partial charge in [0, 0.05) is 0 Å². The van der Waals surface area contributed by atoms with E-state index < -0.39 is 0 Å². The lowest BCUT2D eigenvalue weighted by Crippen LogP contribution is -2.21. The molecule has 5 unspecified atom stereocenters. The van der Waals surface area contributed by atoms with Gasteiger partial charge in [0.2, 0.25) is 0 Å². The molecule has 2 saturated carbocycles. The van der Waals surface area contributed by atoms with Crippen molar-refractivity contribution < 1.29 is 0 Å². The summed E-state index contributed by atoms with van der Waals surface area (Å²) in [6.07, 6.45) is 7.64. The molecule has 0 N–H and O–H groups in total. The summed E-state index contributed by atoms with van der Waals surface area (Å²) >= 11 is 0. The maximum Gasteiger partial charge on any atom is -0.0352 e. The Bertz CT molecular complexity index is 206. The summed E-state index contributed by atoms with van der Waals surface area (Å²) < 4.78 is 0. The molecule has 88 valence electrons. The van der Waals surface area contributed by atoms with Crippen LogP contribution in [0.15, 0.2) is 0 Å². The molecule has 0 bridgehead atoms. The van der Waals surface area contributed by atoms with E-state index >= 15 is 0 Å². The van der Waals surface area contributed by atoms with E-state index in [0.29, 0.717) is 0 Å². The summed E-state index contributed by atoms with van der Waals surface area (Å²) in [5.41, 5.74) is 0. The van der Waals surface area contributed by atoms with Crippen molar-refractivity contribution in [1.29, 1.82) is 0 Å². The lowest BCUT2D eigenvalue weighted by molar-refractivity contribution is 0.198. The highest BCUT2D eigenvalue weighted by atomic mass is 14.5. The molecule has 0 aromatic rings. The average Bonchev–Trinajstić information content (AvgIpc) is 2.95. The third-order valence-corrected chi connectivity index (χ3v) is 5.25. The minimum absolute atomic E-state index is 0.867.